The van der Waals surface area contributed by atoms with Crippen LogP contribution in [0, 0.1) is 3.95 Å². The Morgan fingerprint density at radius 2 is 2.12 bits per heavy atom. The van der Waals surface area contributed by atoms with E-state index in [0.717, 1.165) is 22.5 Å². The van der Waals surface area contributed by atoms with Crippen molar-refractivity contribution in [3.63, 3.8) is 0 Å². The summed E-state index contributed by atoms with van der Waals surface area (Å²) >= 11 is 6.86. The van der Waals surface area contributed by atoms with Gasteiger partial charge in [-0.1, -0.05) is 24.3 Å². The van der Waals surface area contributed by atoms with Gasteiger partial charge >= 0.3 is 0 Å². The van der Waals surface area contributed by atoms with Crippen LogP contribution in [0.25, 0.3) is 17.3 Å². The van der Waals surface area contributed by atoms with E-state index in [0.29, 0.717) is 8.83 Å². The molecule has 0 amide bonds. The van der Waals surface area contributed by atoms with Crippen LogP contribution in [0.2, 0.25) is 0 Å². The second kappa shape index (κ2) is 6.14. The molecule has 0 bridgehead atoms. The molecule has 3 aliphatic rings. The van der Waals surface area contributed by atoms with Crippen LogP contribution in [-0.2, 0) is 9.47 Å². The molecule has 5 rings (SSSR count). The van der Waals surface area contributed by atoms with Crippen molar-refractivity contribution >= 4 is 52.8 Å². The Hall–Kier alpha value is -2.32. The van der Waals surface area contributed by atoms with Crippen LogP contribution >= 0.6 is 23.6 Å². The molecule has 7 heteroatoms. The van der Waals surface area contributed by atoms with E-state index in [2.05, 4.69) is 4.99 Å². The maximum absolute atomic E-state index is 10.8. The van der Waals surface area contributed by atoms with Crippen LogP contribution in [0.15, 0.2) is 47.5 Å². The minimum absolute atomic E-state index is 0.0681. The zero-order chi connectivity index (χ0) is 17.7. The average Bonchev–Trinajstić information content (AvgIpc) is 3.34. The Morgan fingerprint density at radius 3 is 3.04 bits per heavy atom. The molecule has 1 fully saturated rings. The molecule has 0 saturated carbocycles. The molecule has 2 atom stereocenters. The minimum Gasteiger partial charge on any atom is -0.493 e. The Morgan fingerprint density at radius 1 is 1.27 bits per heavy atom. The van der Waals surface area contributed by atoms with Crippen LogP contribution in [0.1, 0.15) is 10.4 Å². The van der Waals surface area contributed by atoms with Gasteiger partial charge in [0.05, 0.1) is 10.6 Å². The molecule has 2 aromatic rings. The molecule has 5 nitrogen and oxygen atoms in total. The van der Waals surface area contributed by atoms with E-state index >= 15 is 0 Å². The second-order valence-corrected chi connectivity index (χ2v) is 7.77. The van der Waals surface area contributed by atoms with E-state index in [1.807, 2.05) is 54.8 Å². The van der Waals surface area contributed by atoms with E-state index in [1.165, 1.54) is 11.3 Å². The lowest BCUT2D eigenvalue weighted by Gasteiger charge is -2.17. The van der Waals surface area contributed by atoms with Gasteiger partial charge in [-0.2, -0.15) is 0 Å². The van der Waals surface area contributed by atoms with Crippen molar-refractivity contribution in [3.05, 3.63) is 56.9 Å². The van der Waals surface area contributed by atoms with E-state index in [-0.39, 0.29) is 24.9 Å². The van der Waals surface area contributed by atoms with Gasteiger partial charge in [-0.05, 0) is 36.5 Å². The number of nitrogens with zero attached hydrogens (tertiary/aromatic N) is 2. The fourth-order valence-corrected chi connectivity index (χ4v) is 4.56. The van der Waals surface area contributed by atoms with Gasteiger partial charge in [0, 0.05) is 23.0 Å². The standard InChI is InChI=1S/C19H14N2O3S2/c22-18-17(7-11-9-20-14-4-2-1-3-13(11)14)26-19(25)21(18)12-5-6-15-16(8-12)24-10-23-15/h1-9,15-16,22H,10H2. The van der Waals surface area contributed by atoms with Crippen LogP contribution in [0.4, 0.5) is 5.69 Å². The van der Waals surface area contributed by atoms with Crippen LogP contribution < -0.4 is 0 Å². The predicted octanol–water partition coefficient (Wildman–Crippen LogP) is 4.39. The highest BCUT2D eigenvalue weighted by molar-refractivity contribution is 7.73. The minimum atomic E-state index is -0.146. The zero-order valence-corrected chi connectivity index (χ0v) is 15.2. The summed E-state index contributed by atoms with van der Waals surface area (Å²) in [6, 6.07) is 7.93. The van der Waals surface area contributed by atoms with Crippen molar-refractivity contribution in [2.24, 2.45) is 4.99 Å². The topological polar surface area (TPSA) is 56.0 Å². The smallest absolute Gasteiger partial charge is 0.215 e. The summed E-state index contributed by atoms with van der Waals surface area (Å²) in [6.45, 7) is 0.278. The van der Waals surface area contributed by atoms with Crippen LogP contribution in [0.5, 0.6) is 5.88 Å². The number of ether oxygens (including phenoxy) is 2. The monoisotopic (exact) mass is 382 g/mol. The van der Waals surface area contributed by atoms with Crippen molar-refractivity contribution in [2.75, 3.05) is 6.79 Å². The molecule has 0 radical (unpaired) electrons. The molecule has 1 aliphatic carbocycles. The Kier molecular flexibility index (Phi) is 3.75. The van der Waals surface area contributed by atoms with Crippen molar-refractivity contribution in [3.8, 4) is 5.88 Å². The number of aromatic nitrogens is 1. The molecule has 3 heterocycles. The number of para-hydroxylation sites is 1. The first-order valence-corrected chi connectivity index (χ1v) is 9.37. The third kappa shape index (κ3) is 2.52. The molecule has 2 aliphatic heterocycles. The Labute approximate surface area is 158 Å². The number of rotatable bonds is 2. The predicted molar refractivity (Wildman–Crippen MR) is 105 cm³/mol. The first kappa shape index (κ1) is 15.9. The summed E-state index contributed by atoms with van der Waals surface area (Å²) in [4.78, 5) is 5.11. The van der Waals surface area contributed by atoms with Gasteiger partial charge in [-0.25, -0.2) is 0 Å². The third-order valence-corrected chi connectivity index (χ3v) is 5.86. The van der Waals surface area contributed by atoms with Crippen molar-refractivity contribution in [1.29, 1.82) is 0 Å². The van der Waals surface area contributed by atoms with E-state index in [4.69, 9.17) is 21.7 Å². The normalized spacial score (nSPS) is 24.8. The molecule has 0 spiro atoms. The fraction of sp³-hybridized carbons (Fsp3) is 0.158. The lowest BCUT2D eigenvalue weighted by molar-refractivity contribution is 0.0503. The number of allylic oxidation sites excluding steroid dienone is 3. The van der Waals surface area contributed by atoms with Gasteiger partial charge in [-0.3, -0.25) is 9.56 Å². The van der Waals surface area contributed by atoms with Gasteiger partial charge in [-0.15, -0.1) is 11.3 Å². The molecule has 130 valence electrons. The van der Waals surface area contributed by atoms with Gasteiger partial charge in [0.25, 0.3) is 0 Å². The Balaban J connectivity index is 1.55. The SMILES string of the molecule is Oc1c(C=C2C=Nc3ccccc32)sc(=S)n1C1=CC2OCOC2C=C1. The summed E-state index contributed by atoms with van der Waals surface area (Å²) in [5, 5.41) is 10.8. The summed E-state index contributed by atoms with van der Waals surface area (Å²) < 4.78 is 13.2. The molecule has 1 aromatic carbocycles. The summed E-state index contributed by atoms with van der Waals surface area (Å²) in [6.07, 6.45) is 9.29. The fourth-order valence-electron chi connectivity index (χ4n) is 3.26. The lowest BCUT2D eigenvalue weighted by atomic mass is 10.1. The summed E-state index contributed by atoms with van der Waals surface area (Å²) in [5.41, 5.74) is 3.73. The van der Waals surface area contributed by atoms with Gasteiger partial charge in [0.2, 0.25) is 5.88 Å². The van der Waals surface area contributed by atoms with Gasteiger partial charge in [0.15, 0.2) is 3.95 Å². The van der Waals surface area contributed by atoms with Crippen LogP contribution in [0.3, 0.4) is 0 Å². The highest BCUT2D eigenvalue weighted by Gasteiger charge is 2.29. The van der Waals surface area contributed by atoms with Gasteiger partial charge in [0.1, 0.15) is 19.0 Å². The highest BCUT2D eigenvalue weighted by atomic mass is 32.1. The average molecular weight is 382 g/mol. The molecule has 1 N–H and O–H groups in total. The molecule has 26 heavy (non-hydrogen) atoms. The number of fused-ring (bicyclic) bond motifs is 2. The van der Waals surface area contributed by atoms with Crippen molar-refractivity contribution in [1.82, 2.24) is 4.57 Å². The molecule has 1 aromatic heterocycles. The van der Waals surface area contributed by atoms with E-state index in [1.54, 1.807) is 4.57 Å². The first-order chi connectivity index (χ1) is 12.7. The number of benzene rings is 1. The second-order valence-electron chi connectivity index (χ2n) is 6.10. The molecule has 1 saturated heterocycles. The Bertz CT molecular complexity index is 1070. The van der Waals surface area contributed by atoms with Crippen molar-refractivity contribution in [2.45, 2.75) is 12.2 Å². The van der Waals surface area contributed by atoms with Gasteiger partial charge < -0.3 is 14.6 Å². The van der Waals surface area contributed by atoms with Crippen molar-refractivity contribution < 1.29 is 14.6 Å². The largest absolute Gasteiger partial charge is 0.493 e. The number of aromatic hydroxyl groups is 1. The maximum Gasteiger partial charge on any atom is 0.215 e. The number of aliphatic imine (C=N–C) groups is 1. The molecular weight excluding hydrogens is 368 g/mol. The third-order valence-electron chi connectivity index (χ3n) is 4.55. The molecular formula is C19H14N2O3S2. The first-order valence-electron chi connectivity index (χ1n) is 8.14. The highest BCUT2D eigenvalue weighted by Crippen LogP contribution is 2.37. The zero-order valence-electron chi connectivity index (χ0n) is 13.5. The van der Waals surface area contributed by atoms with Crippen LogP contribution in [-0.4, -0.2) is 34.9 Å². The quantitative estimate of drug-likeness (QED) is 0.783. The van der Waals surface area contributed by atoms with E-state index in [9.17, 15) is 5.11 Å². The number of thiazole rings is 1. The molecule has 2 unspecified atom stereocenters. The van der Waals surface area contributed by atoms with E-state index < -0.39 is 0 Å². The summed E-state index contributed by atoms with van der Waals surface area (Å²) in [7, 11) is 0. The number of hydrogen-bond donors (Lipinski definition) is 1. The lowest BCUT2D eigenvalue weighted by Crippen LogP contribution is -2.21. The maximum atomic E-state index is 10.8. The summed E-state index contributed by atoms with van der Waals surface area (Å²) in [5.74, 6) is 0.124. The number of hydrogen-bond acceptors (Lipinski definition) is 6.